The molecule has 10 heteroatoms. The number of carbonyl (C=O) groups is 3. The number of amides is 1. The predicted molar refractivity (Wildman–Crippen MR) is 156 cm³/mol. The van der Waals surface area contributed by atoms with E-state index in [9.17, 15) is 19.2 Å². The van der Waals surface area contributed by atoms with Crippen molar-refractivity contribution in [2.24, 2.45) is 4.99 Å². The maximum absolute atomic E-state index is 14.1. The number of benzene rings is 3. The zero-order valence-corrected chi connectivity index (χ0v) is 23.4. The molecule has 1 aromatic heterocycles. The van der Waals surface area contributed by atoms with E-state index in [1.807, 2.05) is 43.3 Å². The van der Waals surface area contributed by atoms with Crippen LogP contribution < -0.4 is 10.5 Å². The van der Waals surface area contributed by atoms with Crippen molar-refractivity contribution in [1.82, 2.24) is 9.55 Å². The lowest BCUT2D eigenvalue weighted by atomic mass is 9.96. The van der Waals surface area contributed by atoms with Gasteiger partial charge in [0.15, 0.2) is 0 Å². The van der Waals surface area contributed by atoms with Gasteiger partial charge in [-0.1, -0.05) is 42.0 Å². The number of aliphatic imine (C=N–C) groups is 1. The van der Waals surface area contributed by atoms with Crippen LogP contribution in [-0.4, -0.2) is 52.9 Å². The maximum Gasteiger partial charge on any atom is 0.338 e. The van der Waals surface area contributed by atoms with Gasteiger partial charge in [0, 0.05) is 24.6 Å². The Bertz CT molecular complexity index is 1860. The highest BCUT2D eigenvalue weighted by molar-refractivity contribution is 6.20. The number of nitrogens with zero attached hydrogens (tertiary/aromatic N) is 4. The highest BCUT2D eigenvalue weighted by Gasteiger charge is 2.38. The Hall–Kier alpha value is -5.12. The van der Waals surface area contributed by atoms with E-state index in [1.54, 1.807) is 11.8 Å². The van der Waals surface area contributed by atoms with Crippen LogP contribution in [0.15, 0.2) is 70.5 Å². The number of ether oxygens (including phenoxy) is 2. The second kappa shape index (κ2) is 10.7. The Morgan fingerprint density at radius 1 is 0.976 bits per heavy atom. The van der Waals surface area contributed by atoms with Gasteiger partial charge in [-0.05, 0) is 50.1 Å². The zero-order valence-electron chi connectivity index (χ0n) is 23.4. The van der Waals surface area contributed by atoms with E-state index in [4.69, 9.17) is 14.5 Å². The molecule has 10 nitrogen and oxygen atoms in total. The molecule has 1 atom stereocenters. The van der Waals surface area contributed by atoms with Crippen LogP contribution >= 0.6 is 0 Å². The average molecular weight is 565 g/mol. The summed E-state index contributed by atoms with van der Waals surface area (Å²) in [4.78, 5) is 62.8. The van der Waals surface area contributed by atoms with Gasteiger partial charge in [-0.2, -0.15) is 0 Å². The summed E-state index contributed by atoms with van der Waals surface area (Å²) in [6, 6.07) is 18.2. The molecule has 1 amide bonds. The molecule has 0 bridgehead atoms. The molecular weight excluding hydrogens is 536 g/mol. The summed E-state index contributed by atoms with van der Waals surface area (Å²) < 4.78 is 11.3. The van der Waals surface area contributed by atoms with Crippen LogP contribution in [0.5, 0.6) is 0 Å². The van der Waals surface area contributed by atoms with Crippen molar-refractivity contribution in [2.75, 3.05) is 24.7 Å². The number of fused-ring (bicyclic) bond motifs is 1. The van der Waals surface area contributed by atoms with Gasteiger partial charge in [-0.15, -0.1) is 0 Å². The fourth-order valence-corrected chi connectivity index (χ4v) is 5.62. The van der Waals surface area contributed by atoms with Crippen LogP contribution in [0, 0.1) is 13.8 Å². The second-order valence-corrected chi connectivity index (χ2v) is 10.3. The normalized spacial score (nSPS) is 15.7. The molecule has 0 fully saturated rings. The number of carbonyl (C=O) groups excluding carboxylic acids is 3. The molecule has 1 unspecified atom stereocenters. The SMILES string of the molecule is CC(=O)OCCOC(=O)c1ccc2c(=O)n(C3N=C(c4ccccc4)c4cc(C)cc5c4N(CC5)C3=O)c(C)nc2c1. The zero-order chi connectivity index (χ0) is 29.5. The van der Waals surface area contributed by atoms with Gasteiger partial charge in [-0.3, -0.25) is 19.0 Å². The van der Waals surface area contributed by atoms with Crippen molar-refractivity contribution in [3.8, 4) is 0 Å². The highest BCUT2D eigenvalue weighted by atomic mass is 16.6. The minimum absolute atomic E-state index is 0.0560. The lowest BCUT2D eigenvalue weighted by Crippen LogP contribution is -2.39. The molecule has 42 heavy (non-hydrogen) atoms. The summed E-state index contributed by atoms with van der Waals surface area (Å²) in [5.41, 5.74) is 5.37. The molecular formula is C32H28N4O6. The number of hydrogen-bond acceptors (Lipinski definition) is 8. The standard InChI is InChI=1S/C32H28N4O6/c1-18-15-22-11-12-35-28(22)25(16-18)27(21-7-5-4-6-8-21)34-29(31(35)39)36-19(2)33-26-17-23(9-10-24(26)30(36)38)32(40)42-14-13-41-20(3)37/h4-10,15-17,29H,11-14H2,1-3H3. The van der Waals surface area contributed by atoms with Gasteiger partial charge in [-0.25, -0.2) is 14.8 Å². The number of hydrogen-bond donors (Lipinski definition) is 0. The van der Waals surface area contributed by atoms with Crippen molar-refractivity contribution in [3.05, 3.63) is 105 Å². The van der Waals surface area contributed by atoms with Crippen LogP contribution in [0.2, 0.25) is 0 Å². The third kappa shape index (κ3) is 4.74. The van der Waals surface area contributed by atoms with Crippen LogP contribution in [0.4, 0.5) is 5.69 Å². The first-order valence-electron chi connectivity index (χ1n) is 13.6. The number of aromatic nitrogens is 2. The Kier molecular flexibility index (Phi) is 6.89. The molecule has 2 aliphatic rings. The molecule has 0 saturated heterocycles. The summed E-state index contributed by atoms with van der Waals surface area (Å²) in [5, 5.41) is 0.237. The summed E-state index contributed by atoms with van der Waals surface area (Å²) >= 11 is 0. The monoisotopic (exact) mass is 564 g/mol. The first-order chi connectivity index (χ1) is 20.2. The van der Waals surface area contributed by atoms with Crippen LogP contribution in [0.3, 0.4) is 0 Å². The molecule has 3 aromatic carbocycles. The molecule has 0 N–H and O–H groups in total. The van der Waals surface area contributed by atoms with Gasteiger partial charge in [0.1, 0.15) is 19.0 Å². The van der Waals surface area contributed by atoms with E-state index in [0.29, 0.717) is 24.2 Å². The minimum atomic E-state index is -1.17. The van der Waals surface area contributed by atoms with Gasteiger partial charge in [0.05, 0.1) is 27.9 Å². The van der Waals surface area contributed by atoms with E-state index in [1.165, 1.54) is 29.7 Å². The lowest BCUT2D eigenvalue weighted by Gasteiger charge is -2.23. The van der Waals surface area contributed by atoms with E-state index in [0.717, 1.165) is 27.9 Å². The summed E-state index contributed by atoms with van der Waals surface area (Å²) in [7, 11) is 0. The van der Waals surface area contributed by atoms with Crippen molar-refractivity contribution in [2.45, 2.75) is 33.4 Å². The molecule has 0 aliphatic carbocycles. The fraction of sp³-hybridized carbons (Fsp3) is 0.250. The van der Waals surface area contributed by atoms with Gasteiger partial charge >= 0.3 is 11.9 Å². The molecule has 6 rings (SSSR count). The Morgan fingerprint density at radius 2 is 1.74 bits per heavy atom. The first kappa shape index (κ1) is 27.1. The van der Waals surface area contributed by atoms with Crippen LogP contribution in [0.25, 0.3) is 10.9 Å². The van der Waals surface area contributed by atoms with Gasteiger partial charge in [0.2, 0.25) is 6.17 Å². The fourth-order valence-electron chi connectivity index (χ4n) is 5.62. The molecule has 0 radical (unpaired) electrons. The average Bonchev–Trinajstić information content (AvgIpc) is 3.35. The van der Waals surface area contributed by atoms with Gasteiger partial charge in [0.25, 0.3) is 11.5 Å². The molecule has 0 saturated carbocycles. The van der Waals surface area contributed by atoms with Crippen molar-refractivity contribution in [3.63, 3.8) is 0 Å². The predicted octanol–water partition coefficient (Wildman–Crippen LogP) is 3.67. The van der Waals surface area contributed by atoms with E-state index in [2.05, 4.69) is 11.1 Å². The smallest absolute Gasteiger partial charge is 0.338 e. The quantitative estimate of drug-likeness (QED) is 0.259. The number of rotatable bonds is 6. The Balaban J connectivity index is 1.44. The maximum atomic E-state index is 14.1. The second-order valence-electron chi connectivity index (χ2n) is 10.3. The van der Waals surface area contributed by atoms with Crippen molar-refractivity contribution >= 4 is 40.1 Å². The Morgan fingerprint density at radius 3 is 2.50 bits per heavy atom. The number of esters is 2. The van der Waals surface area contributed by atoms with Gasteiger partial charge < -0.3 is 14.4 Å². The van der Waals surface area contributed by atoms with Crippen LogP contribution in [-0.2, 0) is 25.5 Å². The lowest BCUT2D eigenvalue weighted by molar-refractivity contribution is -0.142. The Labute approximate surface area is 241 Å². The first-order valence-corrected chi connectivity index (χ1v) is 13.6. The molecule has 212 valence electrons. The van der Waals surface area contributed by atoms with E-state index >= 15 is 0 Å². The van der Waals surface area contributed by atoms with E-state index in [-0.39, 0.29) is 35.9 Å². The summed E-state index contributed by atoms with van der Waals surface area (Å²) in [5.74, 6) is -1.13. The van der Waals surface area contributed by atoms with Crippen molar-refractivity contribution in [1.29, 1.82) is 0 Å². The molecule has 0 spiro atoms. The number of aryl methyl sites for hydroxylation is 2. The minimum Gasteiger partial charge on any atom is -0.462 e. The topological polar surface area (TPSA) is 120 Å². The summed E-state index contributed by atoms with van der Waals surface area (Å²) in [6.07, 6.45) is -0.456. The molecule has 4 aromatic rings. The van der Waals surface area contributed by atoms with E-state index < -0.39 is 23.7 Å². The van der Waals surface area contributed by atoms with Crippen LogP contribution in [0.1, 0.15) is 51.5 Å². The van der Waals surface area contributed by atoms with Crippen molar-refractivity contribution < 1.29 is 23.9 Å². The molecule has 2 aliphatic heterocycles. The third-order valence-electron chi connectivity index (χ3n) is 7.43. The largest absolute Gasteiger partial charge is 0.462 e. The summed E-state index contributed by atoms with van der Waals surface area (Å²) in [6.45, 7) is 5.28. The highest BCUT2D eigenvalue weighted by Crippen LogP contribution is 2.39. The number of anilines is 1. The third-order valence-corrected chi connectivity index (χ3v) is 7.43. The molecule has 3 heterocycles.